The molecule has 19 heavy (non-hydrogen) atoms. The van der Waals surface area contributed by atoms with Gasteiger partial charge in [0, 0.05) is 18.1 Å². The Labute approximate surface area is 116 Å². The maximum atomic E-state index is 12.5. The highest BCUT2D eigenvalue weighted by Gasteiger charge is 2.36. The third kappa shape index (κ3) is 2.75. The van der Waals surface area contributed by atoms with Crippen LogP contribution in [0.15, 0.2) is 23.1 Å². The summed E-state index contributed by atoms with van der Waals surface area (Å²) in [4.78, 5) is 11.0. The molecule has 1 heterocycles. The van der Waals surface area contributed by atoms with Crippen molar-refractivity contribution in [3.05, 3.63) is 28.8 Å². The lowest BCUT2D eigenvalue weighted by Crippen LogP contribution is -2.30. The maximum Gasteiger partial charge on any atom is 0.307 e. The van der Waals surface area contributed by atoms with E-state index in [0.29, 0.717) is 17.0 Å². The summed E-state index contributed by atoms with van der Waals surface area (Å²) in [5.74, 6) is -1.59. The smallest absolute Gasteiger partial charge is 0.307 e. The minimum Gasteiger partial charge on any atom is -0.481 e. The highest BCUT2D eigenvalue weighted by molar-refractivity contribution is 7.89. The van der Waals surface area contributed by atoms with E-state index >= 15 is 0 Å². The highest BCUT2D eigenvalue weighted by Crippen LogP contribution is 2.28. The van der Waals surface area contributed by atoms with Gasteiger partial charge in [0.05, 0.1) is 10.8 Å². The minimum atomic E-state index is -3.67. The molecule has 0 amide bonds. The van der Waals surface area contributed by atoms with Gasteiger partial charge in [-0.15, -0.1) is 0 Å². The number of carboxylic acids is 1. The SMILES string of the molecule is Cc1ccc(Cl)cc1S(=O)(=O)N1CC[C@H](C(=O)O)C1. The molecule has 1 N–H and O–H groups in total. The zero-order chi connectivity index (χ0) is 14.2. The van der Waals surface area contributed by atoms with E-state index in [0.717, 1.165) is 0 Å². The van der Waals surface area contributed by atoms with Gasteiger partial charge in [0.15, 0.2) is 0 Å². The lowest BCUT2D eigenvalue weighted by molar-refractivity contribution is -0.141. The zero-order valence-electron chi connectivity index (χ0n) is 10.3. The van der Waals surface area contributed by atoms with Gasteiger partial charge in [-0.25, -0.2) is 8.42 Å². The normalized spacial score (nSPS) is 20.6. The van der Waals surface area contributed by atoms with Gasteiger partial charge in [-0.05, 0) is 31.0 Å². The second-order valence-electron chi connectivity index (χ2n) is 4.60. The number of aliphatic carboxylic acids is 1. The molecular formula is C12H14ClNO4S. The number of aryl methyl sites for hydroxylation is 1. The summed E-state index contributed by atoms with van der Waals surface area (Å²) in [6.45, 7) is 1.93. The van der Waals surface area contributed by atoms with Gasteiger partial charge in [0.1, 0.15) is 0 Å². The molecule has 1 aromatic carbocycles. The molecule has 1 fully saturated rings. The quantitative estimate of drug-likeness (QED) is 0.923. The number of sulfonamides is 1. The van der Waals surface area contributed by atoms with Gasteiger partial charge in [-0.1, -0.05) is 17.7 Å². The van der Waals surface area contributed by atoms with Crippen molar-refractivity contribution >= 4 is 27.6 Å². The Morgan fingerprint density at radius 2 is 2.16 bits per heavy atom. The number of hydrogen-bond acceptors (Lipinski definition) is 3. The first kappa shape index (κ1) is 14.3. The van der Waals surface area contributed by atoms with Crippen molar-refractivity contribution in [3.8, 4) is 0 Å². The molecule has 1 saturated heterocycles. The van der Waals surface area contributed by atoms with E-state index < -0.39 is 21.9 Å². The average Bonchev–Trinajstić information content (AvgIpc) is 2.82. The Balaban J connectivity index is 2.33. The number of carboxylic acid groups (broad SMARTS) is 1. The molecule has 0 aliphatic carbocycles. The summed E-state index contributed by atoms with van der Waals surface area (Å²) >= 11 is 5.83. The second-order valence-corrected chi connectivity index (χ2v) is 6.94. The fourth-order valence-corrected chi connectivity index (χ4v) is 4.13. The summed E-state index contributed by atoms with van der Waals surface area (Å²) in [5, 5.41) is 9.27. The van der Waals surface area contributed by atoms with Crippen LogP contribution in [0.3, 0.4) is 0 Å². The number of benzene rings is 1. The van der Waals surface area contributed by atoms with Crippen LogP contribution in [0.1, 0.15) is 12.0 Å². The van der Waals surface area contributed by atoms with Crippen molar-refractivity contribution in [2.24, 2.45) is 5.92 Å². The molecule has 0 unspecified atom stereocenters. The van der Waals surface area contributed by atoms with E-state index in [4.69, 9.17) is 16.7 Å². The Morgan fingerprint density at radius 1 is 1.47 bits per heavy atom. The number of nitrogens with zero attached hydrogens (tertiary/aromatic N) is 1. The van der Waals surface area contributed by atoms with Crippen LogP contribution in [-0.4, -0.2) is 36.9 Å². The largest absolute Gasteiger partial charge is 0.481 e. The fraction of sp³-hybridized carbons (Fsp3) is 0.417. The molecule has 1 atom stereocenters. The first-order valence-electron chi connectivity index (χ1n) is 5.81. The van der Waals surface area contributed by atoms with Crippen molar-refractivity contribution in [2.45, 2.75) is 18.2 Å². The maximum absolute atomic E-state index is 12.5. The van der Waals surface area contributed by atoms with Gasteiger partial charge in [-0.2, -0.15) is 4.31 Å². The van der Waals surface area contributed by atoms with E-state index in [1.165, 1.54) is 10.4 Å². The molecule has 7 heteroatoms. The van der Waals surface area contributed by atoms with Crippen LogP contribution in [0.2, 0.25) is 5.02 Å². The van der Waals surface area contributed by atoms with Crippen LogP contribution in [0, 0.1) is 12.8 Å². The molecule has 1 aliphatic heterocycles. The summed E-state index contributed by atoms with van der Waals surface area (Å²) in [6.07, 6.45) is 0.341. The first-order chi connectivity index (χ1) is 8.82. The molecule has 0 aromatic heterocycles. The van der Waals surface area contributed by atoms with Crippen molar-refractivity contribution in [2.75, 3.05) is 13.1 Å². The molecule has 2 rings (SSSR count). The summed E-state index contributed by atoms with van der Waals surface area (Å²) in [7, 11) is -3.67. The molecule has 0 bridgehead atoms. The van der Waals surface area contributed by atoms with Crippen LogP contribution in [0.5, 0.6) is 0 Å². The average molecular weight is 304 g/mol. The van der Waals surface area contributed by atoms with Gasteiger partial charge in [-0.3, -0.25) is 4.79 Å². The third-order valence-electron chi connectivity index (χ3n) is 3.27. The zero-order valence-corrected chi connectivity index (χ0v) is 11.9. The first-order valence-corrected chi connectivity index (χ1v) is 7.63. The van der Waals surface area contributed by atoms with Crippen LogP contribution >= 0.6 is 11.6 Å². The lowest BCUT2D eigenvalue weighted by atomic mass is 10.1. The molecule has 1 aromatic rings. The van der Waals surface area contributed by atoms with E-state index in [-0.39, 0.29) is 18.0 Å². The molecule has 0 saturated carbocycles. The van der Waals surface area contributed by atoms with Crippen LogP contribution < -0.4 is 0 Å². The predicted molar refractivity (Wildman–Crippen MR) is 70.7 cm³/mol. The second kappa shape index (κ2) is 5.11. The van der Waals surface area contributed by atoms with E-state index in [2.05, 4.69) is 0 Å². The molecule has 104 valence electrons. The summed E-state index contributed by atoms with van der Waals surface area (Å²) in [5.41, 5.74) is 0.600. The van der Waals surface area contributed by atoms with Gasteiger partial charge < -0.3 is 5.11 Å². The number of carbonyl (C=O) groups is 1. The Bertz CT molecular complexity index is 614. The van der Waals surface area contributed by atoms with Crippen LogP contribution in [0.4, 0.5) is 0 Å². The van der Waals surface area contributed by atoms with E-state index in [9.17, 15) is 13.2 Å². The molecule has 0 radical (unpaired) electrons. The number of hydrogen-bond donors (Lipinski definition) is 1. The summed E-state index contributed by atoms with van der Waals surface area (Å²) < 4.78 is 26.1. The number of rotatable bonds is 3. The van der Waals surface area contributed by atoms with Crippen LogP contribution in [-0.2, 0) is 14.8 Å². The third-order valence-corrected chi connectivity index (χ3v) is 5.51. The lowest BCUT2D eigenvalue weighted by Gasteiger charge is -2.17. The van der Waals surface area contributed by atoms with Crippen molar-refractivity contribution in [1.29, 1.82) is 0 Å². The topological polar surface area (TPSA) is 74.7 Å². The van der Waals surface area contributed by atoms with Crippen molar-refractivity contribution in [3.63, 3.8) is 0 Å². The standard InChI is InChI=1S/C12H14ClNO4S/c1-8-2-3-10(13)6-11(8)19(17,18)14-5-4-9(7-14)12(15)16/h2-3,6,9H,4-5,7H2,1H3,(H,15,16)/t9-/m0/s1. The van der Waals surface area contributed by atoms with Gasteiger partial charge in [0.25, 0.3) is 0 Å². The molecule has 5 nitrogen and oxygen atoms in total. The van der Waals surface area contributed by atoms with Crippen LogP contribution in [0.25, 0.3) is 0 Å². The molecule has 1 aliphatic rings. The van der Waals surface area contributed by atoms with Crippen molar-refractivity contribution in [1.82, 2.24) is 4.31 Å². The Hall–Kier alpha value is -1.11. The van der Waals surface area contributed by atoms with Gasteiger partial charge >= 0.3 is 5.97 Å². The van der Waals surface area contributed by atoms with E-state index in [1.807, 2.05) is 0 Å². The minimum absolute atomic E-state index is 0.0175. The fourth-order valence-electron chi connectivity index (χ4n) is 2.14. The van der Waals surface area contributed by atoms with E-state index in [1.54, 1.807) is 19.1 Å². The molecular weight excluding hydrogens is 290 g/mol. The summed E-state index contributed by atoms with van der Waals surface area (Å²) in [6, 6.07) is 4.67. The predicted octanol–water partition coefficient (Wildman–Crippen LogP) is 1.74. The van der Waals surface area contributed by atoms with Gasteiger partial charge in [0.2, 0.25) is 10.0 Å². The monoisotopic (exact) mass is 303 g/mol. The Kier molecular flexibility index (Phi) is 3.85. The highest BCUT2D eigenvalue weighted by atomic mass is 35.5. The number of halogens is 1. The Morgan fingerprint density at radius 3 is 2.74 bits per heavy atom. The molecule has 0 spiro atoms. The van der Waals surface area contributed by atoms with Crippen molar-refractivity contribution < 1.29 is 18.3 Å².